The summed E-state index contributed by atoms with van der Waals surface area (Å²) in [6, 6.07) is 8.60. The van der Waals surface area contributed by atoms with Gasteiger partial charge >= 0.3 is 0 Å². The second-order valence-electron chi connectivity index (χ2n) is 5.82. The van der Waals surface area contributed by atoms with Crippen LogP contribution in [0.5, 0.6) is 0 Å². The number of piperidine rings is 1. The topological polar surface area (TPSA) is 58.4 Å². The summed E-state index contributed by atoms with van der Waals surface area (Å²) in [5, 5.41) is 3.15. The molecular formula is C16H25N3O. The van der Waals surface area contributed by atoms with E-state index in [0.29, 0.717) is 24.9 Å². The van der Waals surface area contributed by atoms with E-state index >= 15 is 0 Å². The molecular weight excluding hydrogens is 250 g/mol. The van der Waals surface area contributed by atoms with Crippen LogP contribution in [0, 0.1) is 0 Å². The second-order valence-corrected chi connectivity index (χ2v) is 5.82. The van der Waals surface area contributed by atoms with Crippen molar-refractivity contribution in [1.82, 2.24) is 10.2 Å². The third-order valence-electron chi connectivity index (χ3n) is 4.25. The lowest BCUT2D eigenvalue weighted by molar-refractivity contribution is -0.122. The number of nitrogens with two attached hydrogens (primary N) is 1. The van der Waals surface area contributed by atoms with E-state index in [2.05, 4.69) is 24.2 Å². The zero-order valence-electron chi connectivity index (χ0n) is 12.4. The maximum absolute atomic E-state index is 12.0. The molecule has 1 aromatic carbocycles. The Morgan fingerprint density at radius 1 is 1.45 bits per heavy atom. The number of hydrogen-bond donors (Lipinski definition) is 2. The van der Waals surface area contributed by atoms with Crippen molar-refractivity contribution in [2.75, 3.05) is 19.3 Å². The van der Waals surface area contributed by atoms with Gasteiger partial charge in [0, 0.05) is 30.7 Å². The highest BCUT2D eigenvalue weighted by Gasteiger charge is 2.23. The zero-order valence-corrected chi connectivity index (χ0v) is 12.4. The molecule has 0 spiro atoms. The second kappa shape index (κ2) is 6.75. The fourth-order valence-corrected chi connectivity index (χ4v) is 2.73. The summed E-state index contributed by atoms with van der Waals surface area (Å²) in [7, 11) is 2.14. The molecule has 1 aromatic rings. The molecule has 1 aliphatic heterocycles. The molecule has 2 rings (SSSR count). The quantitative estimate of drug-likeness (QED) is 0.824. The van der Waals surface area contributed by atoms with Crippen LogP contribution in [0.25, 0.3) is 0 Å². The molecule has 0 aromatic heterocycles. The summed E-state index contributed by atoms with van der Waals surface area (Å²) in [6.45, 7) is 3.26. The predicted molar refractivity (Wildman–Crippen MR) is 82.4 cm³/mol. The molecule has 0 saturated carbocycles. The van der Waals surface area contributed by atoms with E-state index < -0.39 is 0 Å². The number of amides is 1. The van der Waals surface area contributed by atoms with Crippen LogP contribution < -0.4 is 11.1 Å². The first-order chi connectivity index (χ1) is 9.56. The van der Waals surface area contributed by atoms with Gasteiger partial charge in [-0.25, -0.2) is 0 Å². The van der Waals surface area contributed by atoms with E-state index in [9.17, 15) is 4.79 Å². The number of para-hydroxylation sites is 1. The highest BCUT2D eigenvalue weighted by Crippen LogP contribution is 2.16. The fraction of sp³-hybridized carbons (Fsp3) is 0.562. The van der Waals surface area contributed by atoms with Crippen molar-refractivity contribution in [3.8, 4) is 0 Å². The Labute approximate surface area is 121 Å². The van der Waals surface area contributed by atoms with Crippen LogP contribution in [0.2, 0.25) is 0 Å². The average molecular weight is 275 g/mol. The van der Waals surface area contributed by atoms with Gasteiger partial charge in [-0.05, 0) is 44.9 Å². The summed E-state index contributed by atoms with van der Waals surface area (Å²) >= 11 is 0. The molecule has 4 heteroatoms. The van der Waals surface area contributed by atoms with Crippen molar-refractivity contribution in [2.45, 2.75) is 44.7 Å². The standard InChI is InChI=1S/C16H25N3O/c1-12-11-14(9-10-19(12)2)18-16(20)8-7-13-5-3-4-6-15(13)17/h3-6,12,14H,7-11,17H2,1-2H3,(H,18,20). The van der Waals surface area contributed by atoms with E-state index in [0.717, 1.165) is 30.6 Å². The molecule has 0 bridgehead atoms. The highest BCUT2D eigenvalue weighted by atomic mass is 16.1. The van der Waals surface area contributed by atoms with E-state index in [1.54, 1.807) is 0 Å². The number of anilines is 1. The third-order valence-corrected chi connectivity index (χ3v) is 4.25. The molecule has 1 heterocycles. The molecule has 20 heavy (non-hydrogen) atoms. The van der Waals surface area contributed by atoms with Gasteiger partial charge in [-0.2, -0.15) is 0 Å². The number of nitrogens with zero attached hydrogens (tertiary/aromatic N) is 1. The van der Waals surface area contributed by atoms with Crippen molar-refractivity contribution >= 4 is 11.6 Å². The van der Waals surface area contributed by atoms with Gasteiger partial charge in [-0.15, -0.1) is 0 Å². The van der Waals surface area contributed by atoms with Crippen molar-refractivity contribution < 1.29 is 4.79 Å². The van der Waals surface area contributed by atoms with Crippen LogP contribution in [0.3, 0.4) is 0 Å². The number of carbonyl (C=O) groups excluding carboxylic acids is 1. The summed E-state index contributed by atoms with van der Waals surface area (Å²) in [6.07, 6.45) is 3.30. The van der Waals surface area contributed by atoms with E-state index in [4.69, 9.17) is 5.73 Å². The van der Waals surface area contributed by atoms with Gasteiger partial charge in [0.2, 0.25) is 5.91 Å². The molecule has 1 aliphatic rings. The van der Waals surface area contributed by atoms with Gasteiger partial charge in [0.1, 0.15) is 0 Å². The van der Waals surface area contributed by atoms with Crippen molar-refractivity contribution in [3.05, 3.63) is 29.8 Å². The molecule has 0 aliphatic carbocycles. The molecule has 0 radical (unpaired) electrons. The Balaban J connectivity index is 1.77. The first-order valence-electron chi connectivity index (χ1n) is 7.39. The molecule has 4 nitrogen and oxygen atoms in total. The normalized spacial score (nSPS) is 23.5. The molecule has 1 fully saturated rings. The van der Waals surface area contributed by atoms with Gasteiger partial charge in [-0.3, -0.25) is 4.79 Å². The van der Waals surface area contributed by atoms with Crippen LogP contribution in [0.15, 0.2) is 24.3 Å². The number of carbonyl (C=O) groups is 1. The van der Waals surface area contributed by atoms with Gasteiger partial charge in [0.25, 0.3) is 0 Å². The first kappa shape index (κ1) is 14.9. The molecule has 1 saturated heterocycles. The van der Waals surface area contributed by atoms with Crippen molar-refractivity contribution in [2.24, 2.45) is 0 Å². The van der Waals surface area contributed by atoms with Gasteiger partial charge in [-0.1, -0.05) is 18.2 Å². The summed E-state index contributed by atoms with van der Waals surface area (Å²) in [5.41, 5.74) is 7.71. The Morgan fingerprint density at radius 2 is 2.20 bits per heavy atom. The minimum absolute atomic E-state index is 0.134. The van der Waals surface area contributed by atoms with Crippen LogP contribution >= 0.6 is 0 Å². The maximum Gasteiger partial charge on any atom is 0.220 e. The molecule has 2 atom stereocenters. The number of benzene rings is 1. The van der Waals surface area contributed by atoms with E-state index in [1.165, 1.54) is 0 Å². The van der Waals surface area contributed by atoms with Crippen LogP contribution in [0.4, 0.5) is 5.69 Å². The van der Waals surface area contributed by atoms with Crippen molar-refractivity contribution in [3.63, 3.8) is 0 Å². The molecule has 3 N–H and O–H groups in total. The third kappa shape index (κ3) is 3.97. The number of nitrogens with one attached hydrogen (secondary N) is 1. The Hall–Kier alpha value is -1.55. The smallest absolute Gasteiger partial charge is 0.220 e. The van der Waals surface area contributed by atoms with Crippen LogP contribution in [0.1, 0.15) is 31.7 Å². The maximum atomic E-state index is 12.0. The molecule has 1 amide bonds. The first-order valence-corrected chi connectivity index (χ1v) is 7.39. The highest BCUT2D eigenvalue weighted by molar-refractivity contribution is 5.76. The number of nitrogen functional groups attached to an aromatic ring is 1. The summed E-state index contributed by atoms with van der Waals surface area (Å²) in [4.78, 5) is 14.4. The van der Waals surface area contributed by atoms with Gasteiger partial charge in [0.05, 0.1) is 0 Å². The average Bonchev–Trinajstić information content (AvgIpc) is 2.42. The van der Waals surface area contributed by atoms with Crippen LogP contribution in [-0.2, 0) is 11.2 Å². The Morgan fingerprint density at radius 3 is 2.90 bits per heavy atom. The lowest BCUT2D eigenvalue weighted by Crippen LogP contribution is -2.47. The summed E-state index contributed by atoms with van der Waals surface area (Å²) < 4.78 is 0. The Kier molecular flexibility index (Phi) is 5.01. The minimum Gasteiger partial charge on any atom is -0.399 e. The van der Waals surface area contributed by atoms with Crippen molar-refractivity contribution in [1.29, 1.82) is 0 Å². The number of likely N-dealkylation sites (tertiary alicyclic amines) is 1. The minimum atomic E-state index is 0.134. The Bertz CT molecular complexity index is 461. The number of hydrogen-bond acceptors (Lipinski definition) is 3. The zero-order chi connectivity index (χ0) is 14.5. The van der Waals surface area contributed by atoms with E-state index in [1.807, 2.05) is 24.3 Å². The molecule has 2 unspecified atom stereocenters. The monoisotopic (exact) mass is 275 g/mol. The predicted octanol–water partition coefficient (Wildman–Crippen LogP) is 1.80. The van der Waals surface area contributed by atoms with E-state index in [-0.39, 0.29) is 5.91 Å². The lowest BCUT2D eigenvalue weighted by Gasteiger charge is -2.35. The fourth-order valence-electron chi connectivity index (χ4n) is 2.73. The van der Waals surface area contributed by atoms with Gasteiger partial charge < -0.3 is 16.0 Å². The number of aryl methyl sites for hydroxylation is 1. The number of rotatable bonds is 4. The largest absolute Gasteiger partial charge is 0.399 e. The van der Waals surface area contributed by atoms with Crippen LogP contribution in [-0.4, -0.2) is 36.5 Å². The molecule has 110 valence electrons. The summed E-state index contributed by atoms with van der Waals surface area (Å²) in [5.74, 6) is 0.134. The van der Waals surface area contributed by atoms with Gasteiger partial charge in [0.15, 0.2) is 0 Å². The lowest BCUT2D eigenvalue weighted by atomic mass is 9.98. The SMILES string of the molecule is CC1CC(NC(=O)CCc2ccccc2N)CCN1C.